The highest BCUT2D eigenvalue weighted by Crippen LogP contribution is 2.36. The molecule has 196 valence electrons. The van der Waals surface area contributed by atoms with Crippen LogP contribution >= 0.6 is 0 Å². The maximum Gasteiger partial charge on any atom is 0.254 e. The van der Waals surface area contributed by atoms with Crippen LogP contribution in [-0.2, 0) is 6.42 Å². The van der Waals surface area contributed by atoms with Crippen LogP contribution in [0.1, 0.15) is 33.9 Å². The van der Waals surface area contributed by atoms with Crippen molar-refractivity contribution in [2.24, 2.45) is 0 Å². The van der Waals surface area contributed by atoms with Crippen molar-refractivity contribution in [3.8, 4) is 22.9 Å². The standard InChI is InChI=1S/C30H23FN8O/c31-23-7-2-1-5-21(23)30(40)36-24-11-8-18-17-19(9-10-20(18)24)39-28(22-6-3-14-33-27(22)32)35-25-12-13-26(37-29(25)39)38-16-4-15-34-38/h1-7,9-10,12-17,24H,8,11H2,(H2,32,33)(H,36,40)/t24-/m0/s1. The van der Waals surface area contributed by atoms with E-state index in [1.54, 1.807) is 29.2 Å². The predicted molar refractivity (Wildman–Crippen MR) is 149 cm³/mol. The van der Waals surface area contributed by atoms with Crippen molar-refractivity contribution in [3.63, 3.8) is 0 Å². The Labute approximate surface area is 228 Å². The maximum absolute atomic E-state index is 14.2. The second-order valence-electron chi connectivity index (χ2n) is 9.60. The number of amides is 1. The van der Waals surface area contributed by atoms with Gasteiger partial charge in [-0.15, -0.1) is 0 Å². The minimum Gasteiger partial charge on any atom is -0.383 e. The van der Waals surface area contributed by atoms with Crippen molar-refractivity contribution in [3.05, 3.63) is 114 Å². The number of carbonyl (C=O) groups excluding carboxylic acids is 1. The fourth-order valence-corrected chi connectivity index (χ4v) is 5.29. The van der Waals surface area contributed by atoms with E-state index in [-0.39, 0.29) is 11.6 Å². The molecule has 0 radical (unpaired) electrons. The molecule has 0 saturated heterocycles. The molecule has 0 saturated carbocycles. The maximum atomic E-state index is 14.2. The zero-order chi connectivity index (χ0) is 27.2. The van der Waals surface area contributed by atoms with Gasteiger partial charge in [0.1, 0.15) is 17.2 Å². The van der Waals surface area contributed by atoms with Gasteiger partial charge in [0.05, 0.1) is 17.2 Å². The molecule has 1 aliphatic carbocycles. The molecule has 0 bridgehead atoms. The number of carbonyl (C=O) groups is 1. The molecule has 40 heavy (non-hydrogen) atoms. The molecule has 0 aliphatic heterocycles. The summed E-state index contributed by atoms with van der Waals surface area (Å²) in [5.41, 5.74) is 11.3. The summed E-state index contributed by atoms with van der Waals surface area (Å²) in [6, 6.07) is 21.2. The molecule has 9 nitrogen and oxygen atoms in total. The molecule has 1 aliphatic rings. The topological polar surface area (TPSA) is 117 Å². The number of anilines is 1. The Morgan fingerprint density at radius 3 is 2.73 bits per heavy atom. The number of pyridine rings is 2. The van der Waals surface area contributed by atoms with E-state index in [0.29, 0.717) is 40.6 Å². The molecule has 4 aromatic heterocycles. The Morgan fingerprint density at radius 1 is 1.00 bits per heavy atom. The summed E-state index contributed by atoms with van der Waals surface area (Å²) in [4.78, 5) is 26.9. The quantitative estimate of drug-likeness (QED) is 0.331. The van der Waals surface area contributed by atoms with Crippen LogP contribution in [0.3, 0.4) is 0 Å². The molecule has 1 amide bonds. The van der Waals surface area contributed by atoms with Crippen LogP contribution in [0.25, 0.3) is 34.1 Å². The lowest BCUT2D eigenvalue weighted by molar-refractivity contribution is 0.0932. The summed E-state index contributed by atoms with van der Waals surface area (Å²) in [6.07, 6.45) is 6.65. The number of hydrogen-bond acceptors (Lipinski definition) is 6. The number of benzene rings is 2. The highest BCUT2D eigenvalue weighted by molar-refractivity contribution is 5.94. The minimum absolute atomic E-state index is 0.0372. The molecule has 3 N–H and O–H groups in total. The van der Waals surface area contributed by atoms with Gasteiger partial charge in [-0.3, -0.25) is 9.36 Å². The average Bonchev–Trinajstić information content (AvgIpc) is 3.72. The molecule has 4 heterocycles. The van der Waals surface area contributed by atoms with Crippen molar-refractivity contribution in [2.45, 2.75) is 18.9 Å². The molecular weight excluding hydrogens is 507 g/mol. The second-order valence-corrected chi connectivity index (χ2v) is 9.60. The molecule has 7 rings (SSSR count). The number of aromatic nitrogens is 6. The lowest BCUT2D eigenvalue weighted by atomic mass is 10.1. The zero-order valence-electron chi connectivity index (χ0n) is 21.2. The first-order chi connectivity index (χ1) is 19.6. The minimum atomic E-state index is -0.537. The van der Waals surface area contributed by atoms with Crippen molar-refractivity contribution in [1.82, 2.24) is 34.6 Å². The van der Waals surface area contributed by atoms with Crippen LogP contribution in [0.5, 0.6) is 0 Å². The van der Waals surface area contributed by atoms with Gasteiger partial charge >= 0.3 is 0 Å². The Balaban J connectivity index is 1.32. The van der Waals surface area contributed by atoms with Crippen molar-refractivity contribution in [1.29, 1.82) is 0 Å². The number of imidazole rings is 1. The van der Waals surface area contributed by atoms with E-state index < -0.39 is 11.7 Å². The fourth-order valence-electron chi connectivity index (χ4n) is 5.29. The molecule has 10 heteroatoms. The van der Waals surface area contributed by atoms with Gasteiger partial charge < -0.3 is 11.1 Å². The third-order valence-corrected chi connectivity index (χ3v) is 7.19. The first-order valence-electron chi connectivity index (χ1n) is 12.9. The SMILES string of the molecule is Nc1ncccc1-c1nc2ccc(-n3cccn3)nc2n1-c1ccc2c(c1)CC[C@@H]2NC(=O)c1ccccc1F. The number of nitrogen functional groups attached to an aromatic ring is 1. The van der Waals surface area contributed by atoms with E-state index in [1.165, 1.54) is 12.1 Å². The first-order valence-corrected chi connectivity index (χ1v) is 12.9. The van der Waals surface area contributed by atoms with Crippen LogP contribution in [-0.4, -0.2) is 35.2 Å². The Morgan fingerprint density at radius 2 is 1.90 bits per heavy atom. The monoisotopic (exact) mass is 530 g/mol. The lowest BCUT2D eigenvalue weighted by Gasteiger charge is -2.16. The van der Waals surface area contributed by atoms with Crippen LogP contribution in [0.2, 0.25) is 0 Å². The van der Waals surface area contributed by atoms with Crippen molar-refractivity contribution >= 4 is 22.9 Å². The second kappa shape index (κ2) is 9.42. The summed E-state index contributed by atoms with van der Waals surface area (Å²) in [5.74, 6) is 0.674. The number of nitrogens with two attached hydrogens (primary N) is 1. The number of aryl methyl sites for hydroxylation is 1. The van der Waals surface area contributed by atoms with E-state index in [0.717, 1.165) is 23.2 Å². The highest BCUT2D eigenvalue weighted by atomic mass is 19.1. The molecule has 0 spiro atoms. The lowest BCUT2D eigenvalue weighted by Crippen LogP contribution is -2.27. The van der Waals surface area contributed by atoms with Gasteiger partial charge in [-0.2, -0.15) is 5.10 Å². The molecule has 6 aromatic rings. The molecule has 2 aromatic carbocycles. The molecular formula is C30H23FN8O. The van der Waals surface area contributed by atoms with E-state index in [4.69, 9.17) is 15.7 Å². The summed E-state index contributed by atoms with van der Waals surface area (Å²) in [6.45, 7) is 0. The van der Waals surface area contributed by atoms with Gasteiger partial charge in [0, 0.05) is 24.3 Å². The number of halogens is 1. The van der Waals surface area contributed by atoms with Crippen molar-refractivity contribution in [2.75, 3.05) is 5.73 Å². The average molecular weight is 531 g/mol. The largest absolute Gasteiger partial charge is 0.383 e. The predicted octanol–water partition coefficient (Wildman–Crippen LogP) is 4.81. The number of nitrogens with zero attached hydrogens (tertiary/aromatic N) is 6. The highest BCUT2D eigenvalue weighted by Gasteiger charge is 2.27. The van der Waals surface area contributed by atoms with Crippen LogP contribution in [0.15, 0.2) is 91.4 Å². The van der Waals surface area contributed by atoms with Crippen LogP contribution in [0, 0.1) is 5.82 Å². The Kier molecular flexibility index (Phi) is 5.59. The van der Waals surface area contributed by atoms with E-state index >= 15 is 0 Å². The molecule has 0 unspecified atom stereocenters. The number of fused-ring (bicyclic) bond motifs is 2. The first kappa shape index (κ1) is 23.7. The van der Waals surface area contributed by atoms with E-state index in [9.17, 15) is 9.18 Å². The van der Waals surface area contributed by atoms with Gasteiger partial charge in [0.15, 0.2) is 17.3 Å². The normalized spacial score (nSPS) is 14.4. The molecule has 0 fully saturated rings. The van der Waals surface area contributed by atoms with E-state index in [1.807, 2.05) is 53.2 Å². The summed E-state index contributed by atoms with van der Waals surface area (Å²) >= 11 is 0. The third-order valence-electron chi connectivity index (χ3n) is 7.19. The van der Waals surface area contributed by atoms with Gasteiger partial charge in [-0.05, 0) is 78.6 Å². The number of rotatable bonds is 5. The Bertz CT molecular complexity index is 1900. The molecule has 1 atom stereocenters. The zero-order valence-corrected chi connectivity index (χ0v) is 21.2. The number of nitrogens with one attached hydrogen (secondary N) is 1. The van der Waals surface area contributed by atoms with Crippen molar-refractivity contribution < 1.29 is 9.18 Å². The van der Waals surface area contributed by atoms with Gasteiger partial charge in [0.2, 0.25) is 0 Å². The number of hydrogen-bond donors (Lipinski definition) is 2. The smallest absolute Gasteiger partial charge is 0.254 e. The summed E-state index contributed by atoms with van der Waals surface area (Å²) in [7, 11) is 0. The van der Waals surface area contributed by atoms with Gasteiger partial charge in [-0.1, -0.05) is 18.2 Å². The van der Waals surface area contributed by atoms with E-state index in [2.05, 4.69) is 21.5 Å². The van der Waals surface area contributed by atoms with Crippen LogP contribution < -0.4 is 11.1 Å². The third kappa shape index (κ3) is 3.97. The fraction of sp³-hybridized carbons (Fsp3) is 0.100. The summed E-state index contributed by atoms with van der Waals surface area (Å²) in [5, 5.41) is 7.32. The Hall–Kier alpha value is -5.38. The van der Waals surface area contributed by atoms with Gasteiger partial charge in [-0.25, -0.2) is 24.0 Å². The summed E-state index contributed by atoms with van der Waals surface area (Å²) < 4.78 is 17.8. The van der Waals surface area contributed by atoms with Gasteiger partial charge in [0.25, 0.3) is 5.91 Å². The van der Waals surface area contributed by atoms with Crippen LogP contribution in [0.4, 0.5) is 10.2 Å².